The van der Waals surface area contributed by atoms with Crippen molar-refractivity contribution < 1.29 is 23.1 Å². The van der Waals surface area contributed by atoms with Gasteiger partial charge >= 0.3 is 13.7 Å². The van der Waals surface area contributed by atoms with Crippen LogP contribution in [-0.4, -0.2) is 25.8 Å². The molecular formula is C13H20NO5P. The summed E-state index contributed by atoms with van der Waals surface area (Å²) < 4.78 is 27.6. The van der Waals surface area contributed by atoms with Crippen LogP contribution in [-0.2, 0) is 18.3 Å². The van der Waals surface area contributed by atoms with E-state index in [0.717, 1.165) is 0 Å². The van der Waals surface area contributed by atoms with E-state index in [-0.39, 0.29) is 25.4 Å². The van der Waals surface area contributed by atoms with Gasteiger partial charge in [0.2, 0.25) is 0 Å². The molecule has 0 atom stereocenters. The van der Waals surface area contributed by atoms with Crippen LogP contribution >= 0.6 is 7.75 Å². The first kappa shape index (κ1) is 16.7. The predicted molar refractivity (Wildman–Crippen MR) is 76.9 cm³/mol. The number of rotatable bonds is 8. The Morgan fingerprint density at radius 2 is 1.70 bits per heavy atom. The third-order valence-corrected chi connectivity index (χ3v) is 3.99. The molecule has 0 amide bonds. The second kappa shape index (κ2) is 8.04. The SMILES string of the molecule is CCOC(=O)c1ccccc1NP(=O)(OCC)OCC. The zero-order chi connectivity index (χ0) is 15.0. The number of esters is 1. The minimum atomic E-state index is -3.48. The maximum Gasteiger partial charge on any atom is 0.432 e. The molecule has 0 aromatic heterocycles. The molecule has 1 N–H and O–H groups in total. The van der Waals surface area contributed by atoms with Crippen molar-refractivity contribution in [1.29, 1.82) is 0 Å². The van der Waals surface area contributed by atoms with Gasteiger partial charge in [-0.15, -0.1) is 0 Å². The standard InChI is InChI=1S/C13H20NO5P/c1-4-17-13(15)11-9-7-8-10-12(11)14-20(16,18-5-2)19-6-3/h7-10H,4-6H2,1-3H3,(H,14,16). The molecule has 112 valence electrons. The molecule has 7 heteroatoms. The Kier molecular flexibility index (Phi) is 6.71. The zero-order valence-corrected chi connectivity index (χ0v) is 12.8. The van der Waals surface area contributed by atoms with E-state index in [1.165, 1.54) is 0 Å². The fourth-order valence-corrected chi connectivity index (χ4v) is 2.93. The highest BCUT2D eigenvalue weighted by molar-refractivity contribution is 7.55. The normalized spacial score (nSPS) is 11.2. The molecule has 1 aromatic rings. The summed E-state index contributed by atoms with van der Waals surface area (Å²) in [7, 11) is -3.48. The quantitative estimate of drug-likeness (QED) is 0.585. The summed E-state index contributed by atoms with van der Waals surface area (Å²) in [6.45, 7) is 5.87. The summed E-state index contributed by atoms with van der Waals surface area (Å²) in [5.41, 5.74) is 0.644. The number of carbonyl (C=O) groups excluding carboxylic acids is 1. The monoisotopic (exact) mass is 301 g/mol. The first-order valence-electron chi connectivity index (χ1n) is 6.49. The molecule has 1 rings (SSSR count). The van der Waals surface area contributed by atoms with Crippen molar-refractivity contribution in [3.05, 3.63) is 29.8 Å². The van der Waals surface area contributed by atoms with Crippen LogP contribution in [0, 0.1) is 0 Å². The minimum absolute atomic E-state index is 0.228. The average Bonchev–Trinajstić information content (AvgIpc) is 2.40. The van der Waals surface area contributed by atoms with Crippen LogP contribution in [0.15, 0.2) is 24.3 Å². The molecule has 0 fully saturated rings. The van der Waals surface area contributed by atoms with E-state index in [1.54, 1.807) is 45.0 Å². The minimum Gasteiger partial charge on any atom is -0.462 e. The van der Waals surface area contributed by atoms with Gasteiger partial charge in [0.1, 0.15) is 0 Å². The zero-order valence-electron chi connectivity index (χ0n) is 11.9. The van der Waals surface area contributed by atoms with Crippen LogP contribution in [0.1, 0.15) is 31.1 Å². The predicted octanol–water partition coefficient (Wildman–Crippen LogP) is 3.46. The maximum absolute atomic E-state index is 12.4. The summed E-state index contributed by atoms with van der Waals surface area (Å²) in [4.78, 5) is 11.8. The number of nitrogens with one attached hydrogen (secondary N) is 1. The second-order valence-electron chi connectivity index (χ2n) is 3.71. The summed E-state index contributed by atoms with van der Waals surface area (Å²) >= 11 is 0. The van der Waals surface area contributed by atoms with Crippen LogP contribution in [0.3, 0.4) is 0 Å². The molecule has 0 aliphatic rings. The third kappa shape index (κ3) is 4.63. The highest BCUT2D eigenvalue weighted by Crippen LogP contribution is 2.48. The van der Waals surface area contributed by atoms with E-state index >= 15 is 0 Å². The summed E-state index contributed by atoms with van der Waals surface area (Å²) in [5.74, 6) is -0.491. The number of para-hydroxylation sites is 1. The van der Waals surface area contributed by atoms with E-state index in [2.05, 4.69) is 5.09 Å². The van der Waals surface area contributed by atoms with Gasteiger partial charge in [0.05, 0.1) is 31.1 Å². The lowest BCUT2D eigenvalue weighted by molar-refractivity contribution is 0.0527. The van der Waals surface area contributed by atoms with Gasteiger partial charge in [0.25, 0.3) is 0 Å². The molecule has 0 aliphatic heterocycles. The van der Waals surface area contributed by atoms with E-state index in [4.69, 9.17) is 13.8 Å². The number of ether oxygens (including phenoxy) is 1. The molecule has 1 aromatic carbocycles. The lowest BCUT2D eigenvalue weighted by atomic mass is 10.2. The Morgan fingerprint density at radius 1 is 1.10 bits per heavy atom. The number of benzene rings is 1. The van der Waals surface area contributed by atoms with Gasteiger partial charge in [-0.05, 0) is 32.9 Å². The molecule has 0 spiro atoms. The topological polar surface area (TPSA) is 73.9 Å². The summed E-state index contributed by atoms with van der Waals surface area (Å²) in [6, 6.07) is 6.62. The Morgan fingerprint density at radius 3 is 2.25 bits per heavy atom. The van der Waals surface area contributed by atoms with Crippen LogP contribution in [0.5, 0.6) is 0 Å². The molecule has 0 aliphatic carbocycles. The van der Waals surface area contributed by atoms with Crippen LogP contribution in [0.4, 0.5) is 5.69 Å². The maximum atomic E-state index is 12.4. The van der Waals surface area contributed by atoms with Gasteiger partial charge in [-0.3, -0.25) is 14.1 Å². The third-order valence-electron chi connectivity index (χ3n) is 2.28. The van der Waals surface area contributed by atoms with Gasteiger partial charge in [-0.25, -0.2) is 9.36 Å². The Balaban J connectivity index is 3.01. The molecule has 0 heterocycles. The van der Waals surface area contributed by atoms with Crippen molar-refractivity contribution in [2.75, 3.05) is 24.9 Å². The number of hydrogen-bond acceptors (Lipinski definition) is 5. The molecule has 0 saturated carbocycles. The van der Waals surface area contributed by atoms with E-state index in [9.17, 15) is 9.36 Å². The largest absolute Gasteiger partial charge is 0.462 e. The van der Waals surface area contributed by atoms with Crippen molar-refractivity contribution in [2.24, 2.45) is 0 Å². The Bertz CT molecular complexity index is 481. The molecule has 0 unspecified atom stereocenters. The van der Waals surface area contributed by atoms with E-state index in [1.807, 2.05) is 0 Å². The van der Waals surface area contributed by atoms with Crippen molar-refractivity contribution >= 4 is 19.4 Å². The number of hydrogen-bond donors (Lipinski definition) is 1. The highest BCUT2D eigenvalue weighted by Gasteiger charge is 2.26. The summed E-state index contributed by atoms with van der Waals surface area (Å²) in [5, 5.41) is 2.68. The van der Waals surface area contributed by atoms with Gasteiger partial charge in [-0.2, -0.15) is 0 Å². The first-order chi connectivity index (χ1) is 9.56. The van der Waals surface area contributed by atoms with E-state index in [0.29, 0.717) is 5.69 Å². The van der Waals surface area contributed by atoms with E-state index < -0.39 is 13.7 Å². The molecule has 0 bridgehead atoms. The molecule has 6 nitrogen and oxygen atoms in total. The molecule has 0 saturated heterocycles. The molecule has 0 radical (unpaired) electrons. The lowest BCUT2D eigenvalue weighted by Crippen LogP contribution is -2.11. The van der Waals surface area contributed by atoms with Crippen LogP contribution in [0.2, 0.25) is 0 Å². The highest BCUT2D eigenvalue weighted by atomic mass is 31.2. The smallest absolute Gasteiger partial charge is 0.432 e. The van der Waals surface area contributed by atoms with Crippen molar-refractivity contribution in [3.8, 4) is 0 Å². The van der Waals surface area contributed by atoms with Crippen LogP contribution < -0.4 is 5.09 Å². The van der Waals surface area contributed by atoms with Gasteiger partial charge < -0.3 is 4.74 Å². The second-order valence-corrected chi connectivity index (χ2v) is 5.45. The summed E-state index contributed by atoms with van der Waals surface area (Å²) in [6.07, 6.45) is 0. The van der Waals surface area contributed by atoms with Crippen molar-refractivity contribution in [2.45, 2.75) is 20.8 Å². The van der Waals surface area contributed by atoms with Crippen molar-refractivity contribution in [3.63, 3.8) is 0 Å². The number of carbonyl (C=O) groups is 1. The molecule has 20 heavy (non-hydrogen) atoms. The fourth-order valence-electron chi connectivity index (χ4n) is 1.56. The van der Waals surface area contributed by atoms with Crippen molar-refractivity contribution in [1.82, 2.24) is 0 Å². The van der Waals surface area contributed by atoms with Gasteiger partial charge in [-0.1, -0.05) is 12.1 Å². The lowest BCUT2D eigenvalue weighted by Gasteiger charge is -2.19. The molecular weight excluding hydrogens is 281 g/mol. The van der Waals surface area contributed by atoms with Gasteiger partial charge in [0, 0.05) is 0 Å². The van der Waals surface area contributed by atoms with Gasteiger partial charge in [0.15, 0.2) is 0 Å². The average molecular weight is 301 g/mol. The number of anilines is 1. The fraction of sp³-hybridized carbons (Fsp3) is 0.462. The Labute approximate surface area is 119 Å². The van der Waals surface area contributed by atoms with Crippen LogP contribution in [0.25, 0.3) is 0 Å². The first-order valence-corrected chi connectivity index (χ1v) is 8.04. The Hall–Kier alpha value is -1.36.